The number of carbonyl (C=O) groups excluding carboxylic acids is 1. The van der Waals surface area contributed by atoms with Gasteiger partial charge in [0, 0.05) is 11.6 Å². The van der Waals surface area contributed by atoms with Crippen molar-refractivity contribution in [3.8, 4) is 5.75 Å². The first kappa shape index (κ1) is 14.3. The van der Waals surface area contributed by atoms with Crippen LogP contribution in [0.1, 0.15) is 11.7 Å². The van der Waals surface area contributed by atoms with Crippen LogP contribution in [0.2, 0.25) is 5.02 Å². The summed E-state index contributed by atoms with van der Waals surface area (Å²) in [7, 11) is 0. The number of benzene rings is 2. The van der Waals surface area contributed by atoms with Gasteiger partial charge in [0.25, 0.3) is 5.91 Å². The summed E-state index contributed by atoms with van der Waals surface area (Å²) in [5, 5.41) is -0.0810. The van der Waals surface area contributed by atoms with Crippen molar-refractivity contribution in [3.63, 3.8) is 0 Å². The van der Waals surface area contributed by atoms with E-state index in [0.29, 0.717) is 5.56 Å². The predicted molar refractivity (Wildman–Crippen MR) is 73.6 cm³/mol. The quantitative estimate of drug-likeness (QED) is 0.517. The molecular weight excluding hydrogens is 283 g/mol. The third-order valence-electron chi connectivity index (χ3n) is 2.63. The van der Waals surface area contributed by atoms with Crippen molar-refractivity contribution < 1.29 is 13.9 Å². The zero-order chi connectivity index (χ0) is 14.5. The molecule has 0 bridgehead atoms. The van der Waals surface area contributed by atoms with Gasteiger partial charge in [-0.1, -0.05) is 41.9 Å². The Morgan fingerprint density at radius 3 is 2.55 bits per heavy atom. The van der Waals surface area contributed by atoms with E-state index in [1.165, 1.54) is 18.2 Å². The molecule has 2 aromatic carbocycles. The molecule has 1 amide bonds. The lowest BCUT2D eigenvalue weighted by Gasteiger charge is -2.18. The van der Waals surface area contributed by atoms with Crippen molar-refractivity contribution >= 4 is 17.5 Å². The molecule has 0 aliphatic heterocycles. The smallest absolute Gasteiger partial charge is 0.279 e. The van der Waals surface area contributed by atoms with Crippen LogP contribution in [0.4, 0.5) is 4.39 Å². The first-order chi connectivity index (χ1) is 9.61. The molecule has 0 fully saturated rings. The maximum atomic E-state index is 13.1. The molecule has 0 saturated heterocycles. The molecule has 0 spiro atoms. The zero-order valence-electron chi connectivity index (χ0n) is 10.3. The molecule has 0 aliphatic rings. The fourth-order valence-corrected chi connectivity index (χ4v) is 1.83. The van der Waals surface area contributed by atoms with E-state index in [-0.39, 0.29) is 10.8 Å². The third-order valence-corrected chi connectivity index (χ3v) is 2.92. The topological polar surface area (TPSA) is 64.3 Å². The highest BCUT2D eigenvalue weighted by atomic mass is 35.5. The summed E-state index contributed by atoms with van der Waals surface area (Å²) in [5.41, 5.74) is 2.66. The van der Waals surface area contributed by atoms with Crippen molar-refractivity contribution in [2.45, 2.75) is 6.10 Å². The Labute approximate surface area is 120 Å². The van der Waals surface area contributed by atoms with Crippen LogP contribution < -0.4 is 16.0 Å². The summed E-state index contributed by atoms with van der Waals surface area (Å²) in [6.07, 6.45) is -0.942. The summed E-state index contributed by atoms with van der Waals surface area (Å²) >= 11 is 5.68. The van der Waals surface area contributed by atoms with E-state index < -0.39 is 17.8 Å². The maximum Gasteiger partial charge on any atom is 0.279 e. The van der Waals surface area contributed by atoms with Crippen LogP contribution in [0.25, 0.3) is 0 Å². The molecule has 6 heteroatoms. The lowest BCUT2D eigenvalue weighted by Crippen LogP contribution is -2.37. The highest BCUT2D eigenvalue weighted by Gasteiger charge is 2.22. The average Bonchev–Trinajstić information content (AvgIpc) is 2.48. The van der Waals surface area contributed by atoms with E-state index in [9.17, 15) is 9.18 Å². The van der Waals surface area contributed by atoms with Gasteiger partial charge in [0.15, 0.2) is 0 Å². The molecule has 0 saturated carbocycles. The van der Waals surface area contributed by atoms with E-state index in [1.807, 2.05) is 11.5 Å². The molecule has 0 heterocycles. The number of nitrogens with two attached hydrogens (primary N) is 1. The number of carbonyl (C=O) groups is 1. The van der Waals surface area contributed by atoms with Gasteiger partial charge < -0.3 is 4.74 Å². The molecule has 4 nitrogen and oxygen atoms in total. The number of ether oxygens (including phenoxy) is 1. The number of hydrazine groups is 1. The van der Waals surface area contributed by atoms with Crippen molar-refractivity contribution in [2.75, 3.05) is 0 Å². The first-order valence-corrected chi connectivity index (χ1v) is 6.16. The molecule has 2 rings (SSSR count). The zero-order valence-corrected chi connectivity index (χ0v) is 11.1. The Morgan fingerprint density at radius 2 is 1.95 bits per heavy atom. The van der Waals surface area contributed by atoms with E-state index in [2.05, 4.69) is 0 Å². The molecule has 2 aromatic rings. The second-order valence-electron chi connectivity index (χ2n) is 3.99. The van der Waals surface area contributed by atoms with Gasteiger partial charge in [0.1, 0.15) is 11.6 Å². The number of nitrogens with one attached hydrogen (secondary N) is 1. The van der Waals surface area contributed by atoms with Crippen LogP contribution in [-0.4, -0.2) is 5.91 Å². The largest absolute Gasteiger partial charge is 0.476 e. The monoisotopic (exact) mass is 294 g/mol. The summed E-state index contributed by atoms with van der Waals surface area (Å²) in [5.74, 6) is 4.35. The lowest BCUT2D eigenvalue weighted by atomic mass is 10.1. The summed E-state index contributed by atoms with van der Waals surface area (Å²) in [4.78, 5) is 11.8. The van der Waals surface area contributed by atoms with E-state index >= 15 is 0 Å². The fourth-order valence-electron chi connectivity index (χ4n) is 1.66. The fraction of sp³-hybridized carbons (Fsp3) is 0.0714. The first-order valence-electron chi connectivity index (χ1n) is 5.79. The van der Waals surface area contributed by atoms with Crippen LogP contribution in [0.5, 0.6) is 5.75 Å². The van der Waals surface area contributed by atoms with Gasteiger partial charge in [-0.05, 0) is 12.1 Å². The van der Waals surface area contributed by atoms with Crippen molar-refractivity contribution in [1.82, 2.24) is 5.43 Å². The highest BCUT2D eigenvalue weighted by Crippen LogP contribution is 2.26. The highest BCUT2D eigenvalue weighted by molar-refractivity contribution is 6.30. The SMILES string of the molecule is NNC(=O)C(Oc1ccc(F)c(Cl)c1)c1ccccc1. The second-order valence-corrected chi connectivity index (χ2v) is 4.40. The van der Waals surface area contributed by atoms with E-state index in [4.69, 9.17) is 22.2 Å². The van der Waals surface area contributed by atoms with Crippen LogP contribution >= 0.6 is 11.6 Å². The summed E-state index contributed by atoms with van der Waals surface area (Å²) < 4.78 is 18.6. The van der Waals surface area contributed by atoms with Gasteiger partial charge in [-0.3, -0.25) is 10.2 Å². The van der Waals surface area contributed by atoms with Gasteiger partial charge >= 0.3 is 0 Å². The standard InChI is InChI=1S/C14H12ClFN2O2/c15-11-8-10(6-7-12(11)16)20-13(14(19)18-17)9-4-2-1-3-5-9/h1-8,13H,17H2,(H,18,19). The number of hydrogen-bond donors (Lipinski definition) is 2. The van der Waals surface area contributed by atoms with Crippen molar-refractivity contribution in [3.05, 3.63) is 64.9 Å². The molecule has 0 aromatic heterocycles. The van der Waals surface area contributed by atoms with Crippen LogP contribution in [0, 0.1) is 5.82 Å². The minimum atomic E-state index is -0.942. The average molecular weight is 295 g/mol. The summed E-state index contributed by atoms with van der Waals surface area (Å²) in [6, 6.07) is 12.7. The van der Waals surface area contributed by atoms with E-state index in [0.717, 1.165) is 0 Å². The minimum absolute atomic E-state index is 0.0810. The van der Waals surface area contributed by atoms with Gasteiger partial charge in [-0.25, -0.2) is 10.2 Å². The number of rotatable bonds is 4. The Morgan fingerprint density at radius 1 is 1.25 bits per heavy atom. The number of amides is 1. The number of halogens is 2. The Balaban J connectivity index is 2.28. The normalized spacial score (nSPS) is 11.8. The van der Waals surface area contributed by atoms with Crippen molar-refractivity contribution in [2.24, 2.45) is 5.84 Å². The lowest BCUT2D eigenvalue weighted by molar-refractivity contribution is -0.128. The minimum Gasteiger partial charge on any atom is -0.476 e. The molecule has 3 N–H and O–H groups in total. The molecule has 1 unspecified atom stereocenters. The molecule has 0 aliphatic carbocycles. The molecule has 20 heavy (non-hydrogen) atoms. The van der Waals surface area contributed by atoms with Crippen LogP contribution in [0.15, 0.2) is 48.5 Å². The predicted octanol–water partition coefficient (Wildman–Crippen LogP) is 2.59. The Kier molecular flexibility index (Phi) is 4.55. The van der Waals surface area contributed by atoms with E-state index in [1.54, 1.807) is 24.3 Å². The maximum absolute atomic E-state index is 13.1. The van der Waals surface area contributed by atoms with Crippen molar-refractivity contribution in [1.29, 1.82) is 0 Å². The summed E-state index contributed by atoms with van der Waals surface area (Å²) in [6.45, 7) is 0. The molecule has 0 radical (unpaired) electrons. The number of hydrogen-bond acceptors (Lipinski definition) is 3. The van der Waals surface area contributed by atoms with Crippen LogP contribution in [-0.2, 0) is 4.79 Å². The molecule has 104 valence electrons. The van der Waals surface area contributed by atoms with Gasteiger partial charge in [-0.15, -0.1) is 0 Å². The van der Waals surface area contributed by atoms with Crippen LogP contribution in [0.3, 0.4) is 0 Å². The van der Waals surface area contributed by atoms with Gasteiger partial charge in [0.2, 0.25) is 6.10 Å². The second kappa shape index (κ2) is 6.36. The van der Waals surface area contributed by atoms with Gasteiger partial charge in [0.05, 0.1) is 5.02 Å². The molecule has 1 atom stereocenters. The Bertz CT molecular complexity index is 607. The molecular formula is C14H12ClFN2O2. The Hall–Kier alpha value is -2.11. The van der Waals surface area contributed by atoms with Gasteiger partial charge in [-0.2, -0.15) is 0 Å². The third kappa shape index (κ3) is 3.26.